The summed E-state index contributed by atoms with van der Waals surface area (Å²) >= 11 is 3.38. The smallest absolute Gasteiger partial charge is 0.183 e. The third-order valence-corrected chi connectivity index (χ3v) is 6.64. The number of aryl methyl sites for hydroxylation is 1. The van der Waals surface area contributed by atoms with Crippen molar-refractivity contribution in [1.82, 2.24) is 14.8 Å². The molecule has 0 unspecified atom stereocenters. The number of hydrogen-bond acceptors (Lipinski definition) is 7. The molecular formula is C21H20N4O2S2. The zero-order valence-corrected chi connectivity index (χ0v) is 17.5. The first kappa shape index (κ1) is 18.2. The number of fused-ring (bicyclic) bond motifs is 1. The first-order chi connectivity index (χ1) is 14.2. The van der Waals surface area contributed by atoms with Crippen molar-refractivity contribution in [2.45, 2.75) is 26.1 Å². The van der Waals surface area contributed by atoms with Gasteiger partial charge in [0.15, 0.2) is 22.7 Å². The highest BCUT2D eigenvalue weighted by atomic mass is 32.1. The standard InChI is InChI=1S/C21H20N4O2S2/c1-14-20(29-21(23-14)22-11-16-5-4-10-28-16)17-8-9-25(24-17)12-15-13-26-18-6-2-3-7-19(18)27-15/h2-10,15H,11-13H2,1H3,(H,22,23)/t15-/m1/s1. The molecule has 1 N–H and O–H groups in total. The van der Waals surface area contributed by atoms with E-state index in [1.54, 1.807) is 22.7 Å². The Morgan fingerprint density at radius 2 is 2.07 bits per heavy atom. The van der Waals surface area contributed by atoms with Gasteiger partial charge in [-0.1, -0.05) is 29.5 Å². The molecule has 148 valence electrons. The molecule has 5 rings (SSSR count). The molecule has 29 heavy (non-hydrogen) atoms. The third-order valence-electron chi connectivity index (χ3n) is 4.62. The summed E-state index contributed by atoms with van der Waals surface area (Å²) in [7, 11) is 0. The highest BCUT2D eigenvalue weighted by Gasteiger charge is 2.22. The highest BCUT2D eigenvalue weighted by Crippen LogP contribution is 2.33. The maximum atomic E-state index is 6.04. The lowest BCUT2D eigenvalue weighted by molar-refractivity contribution is 0.0759. The Morgan fingerprint density at radius 1 is 1.17 bits per heavy atom. The van der Waals surface area contributed by atoms with E-state index in [4.69, 9.17) is 14.6 Å². The van der Waals surface area contributed by atoms with E-state index in [0.717, 1.165) is 39.4 Å². The summed E-state index contributed by atoms with van der Waals surface area (Å²) in [6, 6.07) is 14.0. The molecule has 1 aliphatic rings. The number of anilines is 1. The van der Waals surface area contributed by atoms with Gasteiger partial charge in [-0.25, -0.2) is 4.98 Å². The quantitative estimate of drug-likeness (QED) is 0.480. The molecule has 1 aromatic carbocycles. The van der Waals surface area contributed by atoms with Gasteiger partial charge >= 0.3 is 0 Å². The fourth-order valence-corrected chi connectivity index (χ4v) is 4.80. The van der Waals surface area contributed by atoms with E-state index in [-0.39, 0.29) is 6.10 Å². The van der Waals surface area contributed by atoms with Crippen LogP contribution in [0.15, 0.2) is 54.0 Å². The van der Waals surface area contributed by atoms with Gasteiger partial charge in [0.1, 0.15) is 12.3 Å². The van der Waals surface area contributed by atoms with Gasteiger partial charge in [-0.15, -0.1) is 11.3 Å². The predicted molar refractivity (Wildman–Crippen MR) is 116 cm³/mol. The van der Waals surface area contributed by atoms with E-state index in [1.165, 1.54) is 4.88 Å². The topological polar surface area (TPSA) is 61.2 Å². The van der Waals surface area contributed by atoms with Crippen LogP contribution in [-0.2, 0) is 13.1 Å². The summed E-state index contributed by atoms with van der Waals surface area (Å²) in [5, 5.41) is 11.2. The Kier molecular flexibility index (Phi) is 4.95. The molecule has 0 saturated carbocycles. The summed E-state index contributed by atoms with van der Waals surface area (Å²) in [4.78, 5) is 7.03. The van der Waals surface area contributed by atoms with E-state index in [9.17, 15) is 0 Å². The van der Waals surface area contributed by atoms with Crippen LogP contribution in [0.5, 0.6) is 11.5 Å². The van der Waals surface area contributed by atoms with Crippen molar-refractivity contribution in [1.29, 1.82) is 0 Å². The van der Waals surface area contributed by atoms with Crippen molar-refractivity contribution in [3.8, 4) is 22.1 Å². The first-order valence-corrected chi connectivity index (χ1v) is 11.1. The normalized spacial score (nSPS) is 15.4. The van der Waals surface area contributed by atoms with E-state index >= 15 is 0 Å². The number of nitrogens with zero attached hydrogens (tertiary/aromatic N) is 3. The van der Waals surface area contributed by atoms with Crippen LogP contribution in [0.4, 0.5) is 5.13 Å². The van der Waals surface area contributed by atoms with Gasteiger partial charge in [0.05, 0.1) is 23.7 Å². The molecule has 1 atom stereocenters. The minimum Gasteiger partial charge on any atom is -0.486 e. The maximum Gasteiger partial charge on any atom is 0.183 e. The van der Waals surface area contributed by atoms with E-state index in [0.29, 0.717) is 13.2 Å². The van der Waals surface area contributed by atoms with E-state index in [2.05, 4.69) is 27.8 Å². The lowest BCUT2D eigenvalue weighted by Crippen LogP contribution is -2.33. The molecule has 4 aromatic rings. The number of hydrogen-bond donors (Lipinski definition) is 1. The minimum absolute atomic E-state index is 0.0665. The predicted octanol–water partition coefficient (Wildman–Crippen LogP) is 4.83. The fourth-order valence-electron chi connectivity index (χ4n) is 3.23. The monoisotopic (exact) mass is 424 g/mol. The average Bonchev–Trinajstić information content (AvgIpc) is 3.48. The molecule has 0 saturated heterocycles. The summed E-state index contributed by atoms with van der Waals surface area (Å²) in [6.07, 6.45) is 1.92. The Bertz CT molecular complexity index is 1100. The molecule has 0 amide bonds. The number of aromatic nitrogens is 3. The van der Waals surface area contributed by atoms with Crippen LogP contribution in [0.3, 0.4) is 0 Å². The number of thiophene rings is 1. The van der Waals surface area contributed by atoms with Gasteiger partial charge in [0, 0.05) is 11.1 Å². The third kappa shape index (κ3) is 3.99. The Morgan fingerprint density at radius 3 is 2.93 bits per heavy atom. The molecule has 0 bridgehead atoms. The molecule has 4 heterocycles. The molecule has 8 heteroatoms. The van der Waals surface area contributed by atoms with Crippen molar-refractivity contribution in [2.24, 2.45) is 0 Å². The zero-order valence-electron chi connectivity index (χ0n) is 15.9. The number of rotatable bonds is 6. The number of ether oxygens (including phenoxy) is 2. The van der Waals surface area contributed by atoms with Crippen molar-refractivity contribution < 1.29 is 9.47 Å². The van der Waals surface area contributed by atoms with Gasteiger partial charge in [-0.2, -0.15) is 5.10 Å². The van der Waals surface area contributed by atoms with Crippen LogP contribution < -0.4 is 14.8 Å². The van der Waals surface area contributed by atoms with Gasteiger partial charge in [-0.05, 0) is 36.6 Å². The van der Waals surface area contributed by atoms with Crippen LogP contribution in [0, 0.1) is 6.92 Å². The lowest BCUT2D eigenvalue weighted by atomic mass is 10.2. The van der Waals surface area contributed by atoms with Crippen LogP contribution in [-0.4, -0.2) is 27.5 Å². The van der Waals surface area contributed by atoms with Gasteiger partial charge in [0.2, 0.25) is 0 Å². The van der Waals surface area contributed by atoms with Gasteiger partial charge in [0.25, 0.3) is 0 Å². The Balaban J connectivity index is 1.25. The molecule has 1 aliphatic heterocycles. The summed E-state index contributed by atoms with van der Waals surface area (Å²) in [5.41, 5.74) is 1.92. The second-order valence-corrected chi connectivity index (χ2v) is 8.82. The van der Waals surface area contributed by atoms with Crippen molar-refractivity contribution in [2.75, 3.05) is 11.9 Å². The molecule has 6 nitrogen and oxygen atoms in total. The average molecular weight is 425 g/mol. The van der Waals surface area contributed by atoms with Crippen LogP contribution in [0.1, 0.15) is 10.6 Å². The number of nitrogens with one attached hydrogen (secondary N) is 1. The zero-order chi connectivity index (χ0) is 19.6. The van der Waals surface area contributed by atoms with Crippen LogP contribution in [0.25, 0.3) is 10.6 Å². The van der Waals surface area contributed by atoms with E-state index < -0.39 is 0 Å². The minimum atomic E-state index is -0.0665. The molecule has 3 aromatic heterocycles. The second kappa shape index (κ2) is 7.88. The Labute approximate surface area is 176 Å². The highest BCUT2D eigenvalue weighted by molar-refractivity contribution is 7.19. The summed E-state index contributed by atoms with van der Waals surface area (Å²) < 4.78 is 13.8. The largest absolute Gasteiger partial charge is 0.486 e. The number of para-hydroxylation sites is 2. The lowest BCUT2D eigenvalue weighted by Gasteiger charge is -2.26. The number of benzene rings is 1. The van der Waals surface area contributed by atoms with Crippen LogP contribution >= 0.6 is 22.7 Å². The van der Waals surface area contributed by atoms with Gasteiger partial charge < -0.3 is 14.8 Å². The molecule has 0 radical (unpaired) electrons. The van der Waals surface area contributed by atoms with Crippen molar-refractivity contribution >= 4 is 27.8 Å². The summed E-state index contributed by atoms with van der Waals surface area (Å²) in [5.74, 6) is 1.59. The molecule has 0 spiro atoms. The van der Waals surface area contributed by atoms with Crippen LogP contribution in [0.2, 0.25) is 0 Å². The van der Waals surface area contributed by atoms with Gasteiger partial charge in [-0.3, -0.25) is 4.68 Å². The SMILES string of the molecule is Cc1nc(NCc2cccs2)sc1-c1ccn(C[C@@H]2COc3ccccc3O2)n1. The first-order valence-electron chi connectivity index (χ1n) is 9.40. The Hall–Kier alpha value is -2.84. The van der Waals surface area contributed by atoms with E-state index in [1.807, 2.05) is 48.1 Å². The molecule has 0 aliphatic carbocycles. The molecule has 0 fully saturated rings. The summed E-state index contributed by atoms with van der Waals surface area (Å²) in [6.45, 7) is 3.97. The van der Waals surface area contributed by atoms with Crippen molar-refractivity contribution in [3.05, 3.63) is 64.6 Å². The van der Waals surface area contributed by atoms with Crippen molar-refractivity contribution in [3.63, 3.8) is 0 Å². The maximum absolute atomic E-state index is 6.04. The molecular weight excluding hydrogens is 404 g/mol. The number of thiazole rings is 1. The fraction of sp³-hybridized carbons (Fsp3) is 0.238. The second-order valence-electron chi connectivity index (χ2n) is 6.79.